The first kappa shape index (κ1) is 13.9. The van der Waals surface area contributed by atoms with Crippen LogP contribution in [0.25, 0.3) is 0 Å². The first-order valence-corrected chi connectivity index (χ1v) is 7.25. The van der Waals surface area contributed by atoms with Crippen LogP contribution in [-0.4, -0.2) is 35.4 Å². The summed E-state index contributed by atoms with van der Waals surface area (Å²) in [5.74, 6) is 2.76. The molecule has 0 aliphatic carbocycles. The molecule has 1 unspecified atom stereocenters. The number of nitrogens with one attached hydrogen (secondary N) is 2. The van der Waals surface area contributed by atoms with E-state index < -0.39 is 0 Å². The molecule has 2 heterocycles. The Morgan fingerprint density at radius 3 is 3.24 bits per heavy atom. The van der Waals surface area contributed by atoms with Crippen molar-refractivity contribution in [3.8, 4) is 11.5 Å². The molecule has 0 saturated heterocycles. The van der Waals surface area contributed by atoms with Crippen molar-refractivity contribution in [2.45, 2.75) is 25.3 Å². The predicted octanol–water partition coefficient (Wildman–Crippen LogP) is 1.86. The van der Waals surface area contributed by atoms with Crippen LogP contribution in [-0.2, 0) is 6.42 Å². The smallest absolute Gasteiger partial charge is 0.137 e. The highest BCUT2D eigenvalue weighted by Crippen LogP contribution is 2.34. The lowest BCUT2D eigenvalue weighted by atomic mass is 10.00. The third-order valence-corrected chi connectivity index (χ3v) is 3.70. The summed E-state index contributed by atoms with van der Waals surface area (Å²) in [6.07, 6.45) is 4.44. The number of hydrogen-bond donors (Lipinski definition) is 2. The molecule has 0 fully saturated rings. The molecule has 112 valence electrons. The van der Waals surface area contributed by atoms with Crippen molar-refractivity contribution in [3.05, 3.63) is 35.9 Å². The van der Waals surface area contributed by atoms with Gasteiger partial charge >= 0.3 is 0 Å². The van der Waals surface area contributed by atoms with E-state index in [0.29, 0.717) is 6.04 Å². The van der Waals surface area contributed by atoms with Gasteiger partial charge in [-0.25, -0.2) is 4.98 Å². The van der Waals surface area contributed by atoms with E-state index in [1.165, 1.54) is 5.56 Å². The number of aromatic nitrogens is 3. The van der Waals surface area contributed by atoms with Gasteiger partial charge in [0.15, 0.2) is 0 Å². The Morgan fingerprint density at radius 2 is 2.43 bits per heavy atom. The Labute approximate surface area is 123 Å². The first-order chi connectivity index (χ1) is 10.4. The summed E-state index contributed by atoms with van der Waals surface area (Å²) in [7, 11) is 1.69. The van der Waals surface area contributed by atoms with Gasteiger partial charge in [-0.15, -0.1) is 0 Å². The van der Waals surface area contributed by atoms with Gasteiger partial charge in [0.05, 0.1) is 13.7 Å². The second-order valence-corrected chi connectivity index (χ2v) is 5.08. The van der Waals surface area contributed by atoms with Crippen molar-refractivity contribution in [3.63, 3.8) is 0 Å². The van der Waals surface area contributed by atoms with Gasteiger partial charge in [0.1, 0.15) is 23.7 Å². The van der Waals surface area contributed by atoms with Crippen LogP contribution in [0.1, 0.15) is 30.3 Å². The maximum absolute atomic E-state index is 5.70. The fourth-order valence-corrected chi connectivity index (χ4v) is 2.59. The second-order valence-electron chi connectivity index (χ2n) is 5.08. The number of hydrogen-bond acceptors (Lipinski definition) is 5. The number of nitrogens with zero attached hydrogens (tertiary/aromatic N) is 2. The van der Waals surface area contributed by atoms with Crippen LogP contribution in [0.5, 0.6) is 11.5 Å². The van der Waals surface area contributed by atoms with Crippen LogP contribution in [0.2, 0.25) is 0 Å². The van der Waals surface area contributed by atoms with E-state index in [-0.39, 0.29) is 0 Å². The topological polar surface area (TPSA) is 72.1 Å². The van der Waals surface area contributed by atoms with Gasteiger partial charge in [0.2, 0.25) is 0 Å². The van der Waals surface area contributed by atoms with Crippen molar-refractivity contribution in [1.29, 1.82) is 0 Å². The molecule has 0 radical (unpaired) electrons. The van der Waals surface area contributed by atoms with Gasteiger partial charge in [-0.05, 0) is 31.2 Å². The van der Waals surface area contributed by atoms with E-state index >= 15 is 0 Å². The number of fused-ring (bicyclic) bond motifs is 1. The Morgan fingerprint density at radius 1 is 1.48 bits per heavy atom. The molecule has 2 aromatic rings. The molecule has 21 heavy (non-hydrogen) atoms. The number of H-pyrrole nitrogens is 1. The number of benzene rings is 1. The molecular weight excluding hydrogens is 268 g/mol. The highest BCUT2D eigenvalue weighted by atomic mass is 16.5. The van der Waals surface area contributed by atoms with Crippen molar-refractivity contribution < 1.29 is 9.47 Å². The average Bonchev–Trinajstić information content (AvgIpc) is 3.04. The third kappa shape index (κ3) is 3.33. The maximum Gasteiger partial charge on any atom is 0.137 e. The summed E-state index contributed by atoms with van der Waals surface area (Å²) in [4.78, 5) is 4.13. The molecule has 6 heteroatoms. The van der Waals surface area contributed by atoms with Crippen LogP contribution in [0, 0.1) is 0 Å². The van der Waals surface area contributed by atoms with Crippen LogP contribution in [0.15, 0.2) is 24.5 Å². The summed E-state index contributed by atoms with van der Waals surface area (Å²) in [5, 5.41) is 10.3. The molecule has 6 nitrogen and oxygen atoms in total. The van der Waals surface area contributed by atoms with E-state index in [2.05, 4.69) is 26.6 Å². The SMILES string of the molecule is COc1ccc2c(c1)C(NCCCc1ncn[nH]1)CCO2. The van der Waals surface area contributed by atoms with Crippen LogP contribution in [0.4, 0.5) is 0 Å². The van der Waals surface area contributed by atoms with Crippen LogP contribution in [0.3, 0.4) is 0 Å². The van der Waals surface area contributed by atoms with Crippen LogP contribution < -0.4 is 14.8 Å². The van der Waals surface area contributed by atoms with Crippen molar-refractivity contribution >= 4 is 0 Å². The Balaban J connectivity index is 1.57. The minimum atomic E-state index is 0.318. The zero-order valence-corrected chi connectivity index (χ0v) is 12.1. The lowest BCUT2D eigenvalue weighted by Gasteiger charge is -2.27. The molecule has 1 aliphatic heterocycles. The minimum absolute atomic E-state index is 0.318. The minimum Gasteiger partial charge on any atom is -0.497 e. The number of rotatable bonds is 6. The highest BCUT2D eigenvalue weighted by molar-refractivity contribution is 5.43. The van der Waals surface area contributed by atoms with Crippen LogP contribution >= 0.6 is 0 Å². The predicted molar refractivity (Wildman–Crippen MR) is 78.6 cm³/mol. The highest BCUT2D eigenvalue weighted by Gasteiger charge is 2.21. The molecule has 0 saturated carbocycles. The zero-order chi connectivity index (χ0) is 14.5. The maximum atomic E-state index is 5.70. The molecule has 0 amide bonds. The summed E-state index contributed by atoms with van der Waals surface area (Å²) in [6.45, 7) is 1.68. The largest absolute Gasteiger partial charge is 0.497 e. The zero-order valence-electron chi connectivity index (χ0n) is 12.1. The van der Waals surface area contributed by atoms with Crippen molar-refractivity contribution in [2.75, 3.05) is 20.3 Å². The fourth-order valence-electron chi connectivity index (χ4n) is 2.59. The van der Waals surface area contributed by atoms with Gasteiger partial charge in [-0.3, -0.25) is 5.10 Å². The quantitative estimate of drug-likeness (QED) is 0.794. The molecular formula is C15H20N4O2. The molecule has 0 bridgehead atoms. The summed E-state index contributed by atoms with van der Waals surface area (Å²) in [5.41, 5.74) is 1.18. The molecule has 1 aromatic heterocycles. The molecule has 1 aromatic carbocycles. The Bertz CT molecular complexity index is 571. The number of methoxy groups -OCH3 is 1. The van der Waals surface area contributed by atoms with Gasteiger partial charge < -0.3 is 14.8 Å². The number of ether oxygens (including phenoxy) is 2. The lowest BCUT2D eigenvalue weighted by molar-refractivity contribution is 0.251. The third-order valence-electron chi connectivity index (χ3n) is 3.70. The summed E-state index contributed by atoms with van der Waals surface area (Å²) >= 11 is 0. The first-order valence-electron chi connectivity index (χ1n) is 7.25. The van der Waals surface area contributed by atoms with E-state index in [1.54, 1.807) is 13.4 Å². The molecule has 3 rings (SSSR count). The van der Waals surface area contributed by atoms with E-state index in [9.17, 15) is 0 Å². The van der Waals surface area contributed by atoms with Gasteiger partial charge in [-0.2, -0.15) is 5.10 Å². The van der Waals surface area contributed by atoms with Gasteiger partial charge in [0.25, 0.3) is 0 Å². The number of aromatic amines is 1. The molecule has 1 aliphatic rings. The standard InChI is InChI=1S/C15H20N4O2/c1-20-11-4-5-14-12(9-11)13(6-8-21-14)16-7-2-3-15-17-10-18-19-15/h4-5,9-10,13,16H,2-3,6-8H2,1H3,(H,17,18,19). The Kier molecular flexibility index (Phi) is 4.35. The van der Waals surface area contributed by atoms with E-state index in [1.807, 2.05) is 12.1 Å². The van der Waals surface area contributed by atoms with Gasteiger partial charge in [-0.1, -0.05) is 0 Å². The molecule has 0 spiro atoms. The van der Waals surface area contributed by atoms with E-state index in [4.69, 9.17) is 9.47 Å². The monoisotopic (exact) mass is 288 g/mol. The fraction of sp³-hybridized carbons (Fsp3) is 0.467. The summed E-state index contributed by atoms with van der Waals surface area (Å²) < 4.78 is 11.0. The number of aryl methyl sites for hydroxylation is 1. The lowest BCUT2D eigenvalue weighted by Crippen LogP contribution is -2.28. The van der Waals surface area contributed by atoms with Gasteiger partial charge in [0, 0.05) is 24.4 Å². The van der Waals surface area contributed by atoms with Crippen molar-refractivity contribution in [1.82, 2.24) is 20.5 Å². The summed E-state index contributed by atoms with van der Waals surface area (Å²) in [6, 6.07) is 6.29. The average molecular weight is 288 g/mol. The second kappa shape index (κ2) is 6.58. The Hall–Kier alpha value is -2.08. The van der Waals surface area contributed by atoms with E-state index in [0.717, 1.165) is 49.7 Å². The normalized spacial score (nSPS) is 17.1. The molecule has 1 atom stereocenters. The molecule has 2 N–H and O–H groups in total. The van der Waals surface area contributed by atoms with Crippen molar-refractivity contribution in [2.24, 2.45) is 0 Å².